The fourth-order valence-corrected chi connectivity index (χ4v) is 3.87. The zero-order chi connectivity index (χ0) is 21.4. The maximum Gasteiger partial charge on any atom is 0.295 e. The van der Waals surface area contributed by atoms with Gasteiger partial charge in [-0.1, -0.05) is 18.2 Å². The summed E-state index contributed by atoms with van der Waals surface area (Å²) < 4.78 is 6.77. The van der Waals surface area contributed by atoms with Gasteiger partial charge in [0.25, 0.3) is 11.7 Å². The fourth-order valence-electron chi connectivity index (χ4n) is 3.87. The Morgan fingerprint density at radius 2 is 2.00 bits per heavy atom. The Morgan fingerprint density at radius 1 is 1.20 bits per heavy atom. The zero-order valence-corrected chi connectivity index (χ0v) is 16.6. The number of amides is 1. The van der Waals surface area contributed by atoms with Crippen molar-refractivity contribution >= 4 is 23.1 Å². The Hall–Kier alpha value is -3.65. The number of Topliss-reactive ketones (excluding diaryl/α,β-unsaturated/α-hetero) is 1. The molecule has 0 spiro atoms. The average Bonchev–Trinajstić information content (AvgIpc) is 3.19. The molecule has 154 valence electrons. The highest BCUT2D eigenvalue weighted by Crippen LogP contribution is 2.40. The number of carbonyl (C=O) groups excluding carboxylic acids is 2. The molecule has 0 aliphatic carbocycles. The summed E-state index contributed by atoms with van der Waals surface area (Å²) in [5, 5.41) is 21.2. The number of benzene rings is 1. The van der Waals surface area contributed by atoms with Crippen molar-refractivity contribution in [2.24, 2.45) is 0 Å². The number of aliphatic hydroxyl groups is 1. The van der Waals surface area contributed by atoms with Gasteiger partial charge in [0.1, 0.15) is 17.1 Å². The van der Waals surface area contributed by atoms with Gasteiger partial charge < -0.3 is 19.8 Å². The van der Waals surface area contributed by atoms with Crippen LogP contribution in [0.1, 0.15) is 23.0 Å². The number of likely N-dealkylation sites (tertiary alicyclic amines) is 1. The molecule has 8 heteroatoms. The molecule has 4 rings (SSSR count). The molecule has 2 aromatic heterocycles. The maximum atomic E-state index is 13.0. The van der Waals surface area contributed by atoms with Crippen molar-refractivity contribution in [3.05, 3.63) is 71.2 Å². The minimum atomic E-state index is -0.860. The first-order valence-corrected chi connectivity index (χ1v) is 9.44. The number of ketones is 1. The molecule has 30 heavy (non-hydrogen) atoms. The monoisotopic (exact) mass is 407 g/mol. The standard InChI is InChI=1S/C22H21N3O5/c1-13-18(24-9-4-3-8-16(24)23-13)20(27)17-19(14-6-5-7-15(26)12-14)25(10-11-30-2)22(29)21(17)28/h3-9,12,19,26-27H,10-11H2,1-2H3. The fraction of sp³-hybridized carbons (Fsp3) is 0.227. The number of ether oxygens (including phenoxy) is 1. The van der Waals surface area contributed by atoms with Gasteiger partial charge in [-0.25, -0.2) is 4.98 Å². The van der Waals surface area contributed by atoms with E-state index in [2.05, 4.69) is 4.98 Å². The third-order valence-electron chi connectivity index (χ3n) is 5.19. The minimum Gasteiger partial charge on any atom is -0.508 e. The second-order valence-corrected chi connectivity index (χ2v) is 7.05. The van der Waals surface area contributed by atoms with Gasteiger partial charge in [-0.3, -0.25) is 14.0 Å². The number of carbonyl (C=O) groups is 2. The van der Waals surface area contributed by atoms with Crippen LogP contribution in [-0.4, -0.2) is 56.4 Å². The number of aryl methyl sites for hydroxylation is 1. The van der Waals surface area contributed by atoms with E-state index in [1.807, 2.05) is 6.07 Å². The number of phenols is 1. The first-order chi connectivity index (χ1) is 14.4. The normalized spacial score (nSPS) is 18.5. The molecule has 1 aliphatic heterocycles. The summed E-state index contributed by atoms with van der Waals surface area (Å²) >= 11 is 0. The predicted octanol–water partition coefficient (Wildman–Crippen LogP) is 2.42. The van der Waals surface area contributed by atoms with Crippen LogP contribution in [0.5, 0.6) is 5.75 Å². The number of rotatable bonds is 5. The average molecular weight is 407 g/mol. The van der Waals surface area contributed by atoms with Crippen LogP contribution in [0.25, 0.3) is 11.4 Å². The Balaban J connectivity index is 1.95. The smallest absolute Gasteiger partial charge is 0.295 e. The van der Waals surface area contributed by atoms with Crippen molar-refractivity contribution in [1.82, 2.24) is 14.3 Å². The van der Waals surface area contributed by atoms with Gasteiger partial charge in [0.2, 0.25) is 0 Å². The van der Waals surface area contributed by atoms with E-state index in [1.165, 1.54) is 24.1 Å². The van der Waals surface area contributed by atoms with Crippen molar-refractivity contribution in [3.63, 3.8) is 0 Å². The van der Waals surface area contributed by atoms with E-state index >= 15 is 0 Å². The van der Waals surface area contributed by atoms with Gasteiger partial charge in [-0.15, -0.1) is 0 Å². The van der Waals surface area contributed by atoms with Crippen molar-refractivity contribution in [2.45, 2.75) is 13.0 Å². The molecule has 0 saturated carbocycles. The number of hydrogen-bond donors (Lipinski definition) is 2. The first-order valence-electron chi connectivity index (χ1n) is 9.44. The number of fused-ring (bicyclic) bond motifs is 1. The Labute approximate surface area is 172 Å². The van der Waals surface area contributed by atoms with Gasteiger partial charge in [0, 0.05) is 19.9 Å². The highest BCUT2D eigenvalue weighted by atomic mass is 16.5. The molecule has 1 fully saturated rings. The molecule has 1 amide bonds. The van der Waals surface area contributed by atoms with Crippen LogP contribution >= 0.6 is 0 Å². The second-order valence-electron chi connectivity index (χ2n) is 7.05. The van der Waals surface area contributed by atoms with Crippen LogP contribution in [0, 0.1) is 6.92 Å². The highest BCUT2D eigenvalue weighted by Gasteiger charge is 2.46. The molecule has 1 atom stereocenters. The molecule has 8 nitrogen and oxygen atoms in total. The molecule has 3 aromatic rings. The summed E-state index contributed by atoms with van der Waals surface area (Å²) in [7, 11) is 1.50. The van der Waals surface area contributed by atoms with E-state index in [0.717, 1.165) is 0 Å². The maximum absolute atomic E-state index is 13.0. The molecular formula is C22H21N3O5. The number of aromatic nitrogens is 2. The molecule has 1 saturated heterocycles. The Bertz CT molecular complexity index is 1180. The lowest BCUT2D eigenvalue weighted by Gasteiger charge is -2.25. The topological polar surface area (TPSA) is 104 Å². The van der Waals surface area contributed by atoms with E-state index in [0.29, 0.717) is 22.6 Å². The van der Waals surface area contributed by atoms with E-state index in [1.54, 1.807) is 41.8 Å². The largest absolute Gasteiger partial charge is 0.508 e. The molecule has 2 N–H and O–H groups in total. The number of phenolic OH excluding ortho intramolecular Hbond substituents is 1. The van der Waals surface area contributed by atoms with E-state index < -0.39 is 17.7 Å². The molecule has 3 heterocycles. The van der Waals surface area contributed by atoms with Crippen LogP contribution in [0.4, 0.5) is 0 Å². The number of imidazole rings is 1. The number of pyridine rings is 1. The Morgan fingerprint density at radius 3 is 2.73 bits per heavy atom. The third kappa shape index (κ3) is 3.11. The molecule has 1 aliphatic rings. The summed E-state index contributed by atoms with van der Waals surface area (Å²) in [6.07, 6.45) is 1.73. The molecule has 0 bridgehead atoms. The SMILES string of the molecule is COCCN1C(=O)C(=O)C(=C(O)c2c(C)nc3ccccn23)C1c1cccc(O)c1. The highest BCUT2D eigenvalue weighted by molar-refractivity contribution is 6.46. The summed E-state index contributed by atoms with van der Waals surface area (Å²) in [4.78, 5) is 31.6. The minimum absolute atomic E-state index is 0.00388. The first kappa shape index (κ1) is 19.7. The van der Waals surface area contributed by atoms with Crippen LogP contribution in [-0.2, 0) is 14.3 Å². The van der Waals surface area contributed by atoms with Crippen molar-refractivity contribution in [1.29, 1.82) is 0 Å². The Kier molecular flexibility index (Phi) is 5.01. The molecule has 0 radical (unpaired) electrons. The van der Waals surface area contributed by atoms with Crippen LogP contribution < -0.4 is 0 Å². The number of methoxy groups -OCH3 is 1. The van der Waals surface area contributed by atoms with Crippen LogP contribution in [0.15, 0.2) is 54.2 Å². The number of aliphatic hydroxyl groups excluding tert-OH is 1. The lowest BCUT2D eigenvalue weighted by atomic mass is 9.96. The number of aromatic hydroxyl groups is 1. The number of nitrogens with zero attached hydrogens (tertiary/aromatic N) is 3. The summed E-state index contributed by atoms with van der Waals surface area (Å²) in [6.45, 7) is 2.10. The summed E-state index contributed by atoms with van der Waals surface area (Å²) in [5.41, 5.74) is 1.95. The van der Waals surface area contributed by atoms with Gasteiger partial charge in [-0.2, -0.15) is 0 Å². The van der Waals surface area contributed by atoms with Crippen molar-refractivity contribution < 1.29 is 24.5 Å². The van der Waals surface area contributed by atoms with Crippen molar-refractivity contribution in [2.75, 3.05) is 20.3 Å². The van der Waals surface area contributed by atoms with Crippen LogP contribution in [0.3, 0.4) is 0 Å². The molecule has 1 unspecified atom stereocenters. The molecular weight excluding hydrogens is 386 g/mol. The van der Waals surface area contributed by atoms with Gasteiger partial charge in [-0.05, 0) is 36.8 Å². The van der Waals surface area contributed by atoms with E-state index in [4.69, 9.17) is 4.74 Å². The summed E-state index contributed by atoms with van der Waals surface area (Å²) in [6, 6.07) is 10.8. The summed E-state index contributed by atoms with van der Waals surface area (Å²) in [5.74, 6) is -1.83. The van der Waals surface area contributed by atoms with E-state index in [9.17, 15) is 19.8 Å². The van der Waals surface area contributed by atoms with Crippen molar-refractivity contribution in [3.8, 4) is 5.75 Å². The third-order valence-corrected chi connectivity index (χ3v) is 5.19. The van der Waals surface area contributed by atoms with Gasteiger partial charge in [0.05, 0.1) is 23.9 Å². The van der Waals surface area contributed by atoms with Gasteiger partial charge in [0.15, 0.2) is 5.76 Å². The molecule has 1 aromatic carbocycles. The van der Waals surface area contributed by atoms with E-state index in [-0.39, 0.29) is 30.2 Å². The predicted molar refractivity (Wildman–Crippen MR) is 109 cm³/mol. The quantitative estimate of drug-likeness (QED) is 0.382. The zero-order valence-electron chi connectivity index (χ0n) is 16.6. The number of hydrogen-bond acceptors (Lipinski definition) is 6. The lowest BCUT2D eigenvalue weighted by molar-refractivity contribution is -0.140. The van der Waals surface area contributed by atoms with Crippen LogP contribution in [0.2, 0.25) is 0 Å². The lowest BCUT2D eigenvalue weighted by Crippen LogP contribution is -2.32. The van der Waals surface area contributed by atoms with Gasteiger partial charge >= 0.3 is 0 Å². The second kappa shape index (κ2) is 7.64.